The van der Waals surface area contributed by atoms with Crippen molar-refractivity contribution in [1.82, 2.24) is 0 Å². The summed E-state index contributed by atoms with van der Waals surface area (Å²) >= 11 is 0. The molecule has 0 spiro atoms. The Labute approximate surface area is 245 Å². The van der Waals surface area contributed by atoms with E-state index >= 15 is 0 Å². The average molecular weight is 556 g/mol. The van der Waals surface area contributed by atoms with Gasteiger partial charge in [0, 0.05) is 46.4 Å². The van der Waals surface area contributed by atoms with Crippen molar-refractivity contribution in [3.8, 4) is 5.75 Å². The van der Waals surface area contributed by atoms with Crippen LogP contribution in [0.25, 0.3) is 22.4 Å². The third kappa shape index (κ3) is 5.07. The highest BCUT2D eigenvalue weighted by Crippen LogP contribution is 2.40. The van der Waals surface area contributed by atoms with E-state index in [0.29, 0.717) is 41.3 Å². The number of ketones is 2. The van der Waals surface area contributed by atoms with Gasteiger partial charge in [-0.2, -0.15) is 0 Å². The third-order valence-corrected chi connectivity index (χ3v) is 7.80. The maximum atomic E-state index is 13.4. The van der Waals surface area contributed by atoms with Crippen molar-refractivity contribution >= 4 is 39.7 Å². The van der Waals surface area contributed by atoms with Gasteiger partial charge in [-0.1, -0.05) is 78.9 Å². The number of Topliss-reactive ketones (excluding diaryl/α,β-unsaturated/α-hetero) is 2. The number of nitrogens with zero attached hydrogens (tertiary/aromatic N) is 1. The fraction of sp³-hybridized carbons (Fsp3) is 0.167. The van der Waals surface area contributed by atoms with Gasteiger partial charge in [0.2, 0.25) is 0 Å². The summed E-state index contributed by atoms with van der Waals surface area (Å²) in [4.78, 5) is 29.1. The molecule has 0 radical (unpaired) electrons. The number of ether oxygens (including phenoxy) is 1. The van der Waals surface area contributed by atoms with Crippen LogP contribution in [0.1, 0.15) is 44.7 Å². The Hall–Kier alpha value is -4.78. The number of carbonyl (C=O) groups is 2. The second kappa shape index (κ2) is 12.0. The van der Waals surface area contributed by atoms with Crippen LogP contribution in [0.5, 0.6) is 5.75 Å². The zero-order valence-corrected chi connectivity index (χ0v) is 23.4. The Balaban J connectivity index is 1.40. The Morgan fingerprint density at radius 2 is 1.26 bits per heavy atom. The first-order chi connectivity index (χ1) is 20.6. The molecule has 0 saturated heterocycles. The smallest absolute Gasteiger partial charge is 0.198 e. The van der Waals surface area contributed by atoms with Crippen LogP contribution < -0.4 is 21.1 Å². The molecule has 0 saturated carbocycles. The summed E-state index contributed by atoms with van der Waals surface area (Å²) < 4.78 is 6.24. The van der Waals surface area contributed by atoms with E-state index in [1.54, 1.807) is 30.3 Å². The van der Waals surface area contributed by atoms with Gasteiger partial charge in [0.25, 0.3) is 0 Å². The lowest BCUT2D eigenvalue weighted by atomic mass is 9.93. The molecule has 0 amide bonds. The van der Waals surface area contributed by atoms with E-state index < -0.39 is 0 Å². The molecule has 4 aromatic carbocycles. The first-order valence-electron chi connectivity index (χ1n) is 14.4. The van der Waals surface area contributed by atoms with E-state index in [1.807, 2.05) is 42.5 Å². The van der Waals surface area contributed by atoms with Gasteiger partial charge in [0.1, 0.15) is 11.5 Å². The standard InChI is InChI=1S/C36H33N3O3/c37-19-7-21-39(22-8-20-38)32-18-16-24(26-9-1-2-10-27(26)32)15-17-25-23-31(28-11-5-6-14-33(28)42-25)34-35(40)29-12-3-4-13-30(29)36(34)41/h1-6,9-18,23H,7-8,19-22,37-38H2. The summed E-state index contributed by atoms with van der Waals surface area (Å²) in [5.74, 6) is 0.650. The van der Waals surface area contributed by atoms with E-state index in [-0.39, 0.29) is 17.1 Å². The van der Waals surface area contributed by atoms with Gasteiger partial charge in [0.15, 0.2) is 11.6 Å². The van der Waals surface area contributed by atoms with Crippen LogP contribution >= 0.6 is 0 Å². The summed E-state index contributed by atoms with van der Waals surface area (Å²) in [6.07, 6.45) is 7.53. The van der Waals surface area contributed by atoms with Crippen molar-refractivity contribution in [2.75, 3.05) is 31.1 Å². The fourth-order valence-corrected chi connectivity index (χ4v) is 5.76. The Bertz CT molecular complexity index is 1740. The maximum absolute atomic E-state index is 13.4. The first kappa shape index (κ1) is 27.4. The highest BCUT2D eigenvalue weighted by molar-refractivity contribution is 6.43. The molecular weight excluding hydrogens is 522 g/mol. The lowest BCUT2D eigenvalue weighted by Gasteiger charge is -2.26. The molecule has 0 bridgehead atoms. The van der Waals surface area contributed by atoms with Crippen molar-refractivity contribution in [3.05, 3.63) is 131 Å². The van der Waals surface area contributed by atoms with Crippen LogP contribution in [0.15, 0.2) is 108 Å². The third-order valence-electron chi connectivity index (χ3n) is 7.80. The molecule has 0 unspecified atom stereocenters. The molecule has 4 aromatic rings. The summed E-state index contributed by atoms with van der Waals surface area (Å²) in [5, 5.41) is 2.27. The topological polar surface area (TPSA) is 98.6 Å². The number of nitrogens with two attached hydrogens (primary N) is 2. The van der Waals surface area contributed by atoms with Gasteiger partial charge < -0.3 is 21.1 Å². The van der Waals surface area contributed by atoms with Crippen molar-refractivity contribution in [3.63, 3.8) is 0 Å². The molecule has 4 N–H and O–H groups in total. The van der Waals surface area contributed by atoms with E-state index in [2.05, 4.69) is 35.2 Å². The Kier molecular flexibility index (Phi) is 7.82. The van der Waals surface area contributed by atoms with Gasteiger partial charge in [0.05, 0.1) is 5.57 Å². The van der Waals surface area contributed by atoms with E-state index in [4.69, 9.17) is 16.2 Å². The number of allylic oxidation sites excluding steroid dienone is 4. The molecule has 42 heavy (non-hydrogen) atoms. The molecule has 1 heterocycles. The van der Waals surface area contributed by atoms with Crippen LogP contribution in [0, 0.1) is 0 Å². The normalized spacial score (nSPS) is 14.3. The van der Waals surface area contributed by atoms with E-state index in [1.165, 1.54) is 0 Å². The number of hydrogen-bond acceptors (Lipinski definition) is 6. The quantitative estimate of drug-likeness (QED) is 0.189. The molecule has 210 valence electrons. The van der Waals surface area contributed by atoms with Gasteiger partial charge in [-0.15, -0.1) is 0 Å². The SMILES string of the molecule is NCCCN(CCCN)c1ccc(C=CC2=CC(=C3C(=O)c4ccccc4C3=O)c3ccccc3O2)c2ccccc12. The van der Waals surface area contributed by atoms with Crippen molar-refractivity contribution in [2.45, 2.75) is 12.8 Å². The summed E-state index contributed by atoms with van der Waals surface area (Å²) in [5.41, 5.74) is 16.2. The zero-order chi connectivity index (χ0) is 29.1. The van der Waals surface area contributed by atoms with Crippen molar-refractivity contribution in [2.24, 2.45) is 11.5 Å². The minimum Gasteiger partial charge on any atom is -0.457 e. The van der Waals surface area contributed by atoms with Gasteiger partial charge >= 0.3 is 0 Å². The number of benzene rings is 4. The first-order valence-corrected chi connectivity index (χ1v) is 14.4. The minimum absolute atomic E-state index is 0.183. The predicted octanol–water partition coefficient (Wildman–Crippen LogP) is 6.17. The van der Waals surface area contributed by atoms with Crippen LogP contribution in [0.2, 0.25) is 0 Å². The van der Waals surface area contributed by atoms with Crippen molar-refractivity contribution in [1.29, 1.82) is 0 Å². The van der Waals surface area contributed by atoms with E-state index in [9.17, 15) is 9.59 Å². The Morgan fingerprint density at radius 3 is 1.93 bits per heavy atom. The molecule has 6 rings (SSSR count). The Morgan fingerprint density at radius 1 is 0.667 bits per heavy atom. The zero-order valence-electron chi connectivity index (χ0n) is 23.4. The van der Waals surface area contributed by atoms with Gasteiger partial charge in [-0.25, -0.2) is 0 Å². The van der Waals surface area contributed by atoms with Gasteiger partial charge in [-0.3, -0.25) is 9.59 Å². The molecule has 6 heteroatoms. The summed E-state index contributed by atoms with van der Waals surface area (Å²) in [6.45, 7) is 3.01. The minimum atomic E-state index is -0.253. The average Bonchev–Trinajstić information content (AvgIpc) is 3.28. The maximum Gasteiger partial charge on any atom is 0.198 e. The van der Waals surface area contributed by atoms with Crippen LogP contribution in [-0.2, 0) is 0 Å². The second-order valence-corrected chi connectivity index (χ2v) is 10.5. The van der Waals surface area contributed by atoms with E-state index in [0.717, 1.165) is 53.5 Å². The van der Waals surface area contributed by atoms with Crippen LogP contribution in [0.3, 0.4) is 0 Å². The van der Waals surface area contributed by atoms with Crippen LogP contribution in [0.4, 0.5) is 5.69 Å². The molecule has 2 aliphatic rings. The number of carbonyl (C=O) groups excluding carboxylic acids is 2. The highest BCUT2D eigenvalue weighted by atomic mass is 16.5. The number of rotatable bonds is 9. The number of hydrogen-bond donors (Lipinski definition) is 2. The molecule has 0 atom stereocenters. The highest BCUT2D eigenvalue weighted by Gasteiger charge is 2.36. The molecule has 0 fully saturated rings. The fourth-order valence-electron chi connectivity index (χ4n) is 5.76. The number of para-hydroxylation sites is 1. The van der Waals surface area contributed by atoms with Crippen molar-refractivity contribution < 1.29 is 14.3 Å². The predicted molar refractivity (Wildman–Crippen MR) is 170 cm³/mol. The lowest BCUT2D eigenvalue weighted by molar-refractivity contribution is 0.0990. The summed E-state index contributed by atoms with van der Waals surface area (Å²) in [6, 6.07) is 27.1. The van der Waals surface area contributed by atoms with Crippen LogP contribution in [-0.4, -0.2) is 37.7 Å². The molecule has 0 aromatic heterocycles. The largest absolute Gasteiger partial charge is 0.457 e. The molecule has 1 aliphatic heterocycles. The molecule has 1 aliphatic carbocycles. The lowest BCUT2D eigenvalue weighted by Crippen LogP contribution is -2.28. The monoisotopic (exact) mass is 555 g/mol. The molecule has 6 nitrogen and oxygen atoms in total. The van der Waals surface area contributed by atoms with Gasteiger partial charge in [-0.05, 0) is 61.2 Å². The number of anilines is 1. The molecular formula is C36H33N3O3. The number of fused-ring (bicyclic) bond motifs is 3. The summed E-state index contributed by atoms with van der Waals surface area (Å²) in [7, 11) is 0. The second-order valence-electron chi connectivity index (χ2n) is 10.5.